The van der Waals surface area contributed by atoms with Crippen LogP contribution in [0.5, 0.6) is 0 Å². The molecule has 6 nitrogen and oxygen atoms in total. The Kier molecular flexibility index (Phi) is 7.20. The zero-order chi connectivity index (χ0) is 20.1. The lowest BCUT2D eigenvalue weighted by atomic mass is 9.96. The molecular weight excluding hydrogens is 418 g/mol. The van der Waals surface area contributed by atoms with Crippen LogP contribution in [0.3, 0.4) is 0 Å². The van der Waals surface area contributed by atoms with Gasteiger partial charge < -0.3 is 4.98 Å². The summed E-state index contributed by atoms with van der Waals surface area (Å²) in [5, 5.41) is 1.06. The quantitative estimate of drug-likeness (QED) is 0.638. The van der Waals surface area contributed by atoms with Crippen molar-refractivity contribution in [2.24, 2.45) is 0 Å². The minimum absolute atomic E-state index is 0.0100. The topological polar surface area (TPSA) is 91.9 Å². The molecule has 2 aromatic rings. The molecule has 1 heterocycles. The van der Waals surface area contributed by atoms with Gasteiger partial charge in [0, 0.05) is 28.1 Å². The van der Waals surface area contributed by atoms with E-state index in [2.05, 4.69) is 14.7 Å². The van der Waals surface area contributed by atoms with Gasteiger partial charge in [-0.05, 0) is 43.5 Å². The van der Waals surface area contributed by atoms with Gasteiger partial charge in [-0.15, -0.1) is 0 Å². The smallest absolute Gasteiger partial charge is 0.251 e. The molecule has 0 saturated heterocycles. The summed E-state index contributed by atoms with van der Waals surface area (Å²) < 4.78 is 28.4. The molecule has 152 valence electrons. The van der Waals surface area contributed by atoms with Crippen LogP contribution in [-0.4, -0.2) is 29.7 Å². The van der Waals surface area contributed by atoms with Crippen LogP contribution in [0, 0.1) is 0 Å². The first-order chi connectivity index (χ1) is 13.4. The number of nitrogens with zero attached hydrogens (tertiary/aromatic N) is 1. The van der Waals surface area contributed by atoms with Crippen LogP contribution < -0.4 is 10.3 Å². The Morgan fingerprint density at radius 1 is 1.25 bits per heavy atom. The predicted octanol–water partition coefficient (Wildman–Crippen LogP) is 3.76. The molecule has 3 rings (SSSR count). The second-order valence-corrected chi connectivity index (χ2v) is 10.3. The van der Waals surface area contributed by atoms with Crippen LogP contribution in [0.1, 0.15) is 44.7 Å². The maximum Gasteiger partial charge on any atom is 0.251 e. The summed E-state index contributed by atoms with van der Waals surface area (Å²) >= 11 is 7.31. The first-order valence-corrected chi connectivity index (χ1v) is 12.2. The van der Waals surface area contributed by atoms with E-state index in [4.69, 9.17) is 11.6 Å². The van der Waals surface area contributed by atoms with Crippen LogP contribution in [0.15, 0.2) is 45.2 Å². The van der Waals surface area contributed by atoms with Gasteiger partial charge in [0.2, 0.25) is 10.0 Å². The van der Waals surface area contributed by atoms with Crippen LogP contribution in [0.2, 0.25) is 5.02 Å². The van der Waals surface area contributed by atoms with Crippen LogP contribution >= 0.6 is 23.4 Å². The third-order valence-corrected chi connectivity index (χ3v) is 7.72. The van der Waals surface area contributed by atoms with E-state index in [0.29, 0.717) is 10.2 Å². The maximum absolute atomic E-state index is 12.8. The Morgan fingerprint density at radius 3 is 2.68 bits per heavy atom. The van der Waals surface area contributed by atoms with Crippen molar-refractivity contribution < 1.29 is 8.42 Å². The third kappa shape index (κ3) is 5.59. The molecular formula is C19H24ClN3O3S2. The van der Waals surface area contributed by atoms with E-state index in [1.165, 1.54) is 30.0 Å². The van der Waals surface area contributed by atoms with Crippen molar-refractivity contribution in [2.75, 3.05) is 0 Å². The largest absolute Gasteiger partial charge is 0.301 e. The fourth-order valence-electron chi connectivity index (χ4n) is 3.32. The number of benzene rings is 1. The second-order valence-electron chi connectivity index (χ2n) is 6.91. The van der Waals surface area contributed by atoms with E-state index >= 15 is 0 Å². The number of nitrogens with one attached hydrogen (secondary N) is 2. The van der Waals surface area contributed by atoms with Gasteiger partial charge in [-0.1, -0.05) is 49.5 Å². The number of aromatic nitrogens is 2. The van der Waals surface area contributed by atoms with Crippen molar-refractivity contribution in [3.63, 3.8) is 0 Å². The maximum atomic E-state index is 12.8. The number of hydrogen-bond donors (Lipinski definition) is 2. The minimum atomic E-state index is -3.64. The summed E-state index contributed by atoms with van der Waals surface area (Å²) in [6.07, 6.45) is 5.26. The van der Waals surface area contributed by atoms with Crippen LogP contribution in [-0.2, 0) is 16.4 Å². The summed E-state index contributed by atoms with van der Waals surface area (Å²) in [5.41, 5.74) is 0.595. The van der Waals surface area contributed by atoms with Gasteiger partial charge in [0.15, 0.2) is 5.16 Å². The number of thioether (sulfide) groups is 1. The monoisotopic (exact) mass is 441 g/mol. The number of sulfonamides is 1. The highest BCUT2D eigenvalue weighted by Crippen LogP contribution is 2.33. The van der Waals surface area contributed by atoms with E-state index < -0.39 is 10.0 Å². The van der Waals surface area contributed by atoms with E-state index in [0.717, 1.165) is 44.2 Å². The van der Waals surface area contributed by atoms with Crippen LogP contribution in [0.25, 0.3) is 0 Å². The van der Waals surface area contributed by atoms with Gasteiger partial charge in [-0.3, -0.25) is 4.79 Å². The zero-order valence-electron chi connectivity index (χ0n) is 15.7. The highest BCUT2D eigenvalue weighted by atomic mass is 35.5. The van der Waals surface area contributed by atoms with Gasteiger partial charge in [0.1, 0.15) is 0 Å². The number of halogens is 1. The predicted molar refractivity (Wildman–Crippen MR) is 113 cm³/mol. The number of hydrogen-bond acceptors (Lipinski definition) is 5. The average molecular weight is 442 g/mol. The molecule has 0 unspecified atom stereocenters. The van der Waals surface area contributed by atoms with Crippen molar-refractivity contribution in [1.29, 1.82) is 0 Å². The van der Waals surface area contributed by atoms with Gasteiger partial charge >= 0.3 is 0 Å². The van der Waals surface area contributed by atoms with Crippen molar-refractivity contribution in [2.45, 2.75) is 66.8 Å². The van der Waals surface area contributed by atoms with Gasteiger partial charge in [-0.25, -0.2) is 18.1 Å². The van der Waals surface area contributed by atoms with Crippen LogP contribution in [0.4, 0.5) is 0 Å². The highest BCUT2D eigenvalue weighted by molar-refractivity contribution is 7.99. The Hall–Kier alpha value is -1.35. The first-order valence-electron chi connectivity index (χ1n) is 9.42. The molecule has 1 aliphatic rings. The van der Waals surface area contributed by atoms with E-state index in [1.807, 2.05) is 6.92 Å². The summed E-state index contributed by atoms with van der Waals surface area (Å²) in [4.78, 5) is 19.4. The molecule has 28 heavy (non-hydrogen) atoms. The second kappa shape index (κ2) is 9.43. The molecule has 0 spiro atoms. The Labute approximate surface area is 174 Å². The molecule has 1 aliphatic carbocycles. The lowest BCUT2D eigenvalue weighted by Gasteiger charge is -2.31. The van der Waals surface area contributed by atoms with E-state index in [-0.39, 0.29) is 21.7 Å². The van der Waals surface area contributed by atoms with Crippen molar-refractivity contribution in [3.05, 3.63) is 51.4 Å². The van der Waals surface area contributed by atoms with E-state index in [1.54, 1.807) is 12.1 Å². The van der Waals surface area contributed by atoms with Crippen molar-refractivity contribution in [1.82, 2.24) is 14.7 Å². The number of rotatable bonds is 7. The van der Waals surface area contributed by atoms with E-state index in [9.17, 15) is 13.2 Å². The Balaban J connectivity index is 1.77. The van der Waals surface area contributed by atoms with Gasteiger partial charge in [0.25, 0.3) is 5.56 Å². The Morgan fingerprint density at radius 2 is 1.96 bits per heavy atom. The summed E-state index contributed by atoms with van der Waals surface area (Å²) in [7, 11) is -3.64. The molecule has 2 N–H and O–H groups in total. The SMILES string of the molecule is CCCc1cc(=O)[nH]c(S[C@@H]2CCCC[C@H]2NS(=O)(=O)c2ccc(Cl)cc2)n1. The van der Waals surface area contributed by atoms with Crippen molar-refractivity contribution >= 4 is 33.4 Å². The first kappa shape index (κ1) is 21.4. The van der Waals surface area contributed by atoms with Gasteiger partial charge in [0.05, 0.1) is 4.90 Å². The Bertz CT molecular complexity index is 961. The molecule has 2 atom stereocenters. The average Bonchev–Trinajstić information content (AvgIpc) is 2.63. The third-order valence-electron chi connectivity index (χ3n) is 4.68. The zero-order valence-corrected chi connectivity index (χ0v) is 18.0. The lowest BCUT2D eigenvalue weighted by molar-refractivity contribution is 0.422. The van der Waals surface area contributed by atoms with Gasteiger partial charge in [-0.2, -0.15) is 0 Å². The molecule has 0 aliphatic heterocycles. The molecule has 1 fully saturated rings. The molecule has 0 radical (unpaired) electrons. The number of aryl methyl sites for hydroxylation is 1. The highest BCUT2D eigenvalue weighted by Gasteiger charge is 2.31. The standard InChI is InChI=1S/C19H24ClN3O3S2/c1-2-5-14-12-18(24)22-19(21-14)27-17-7-4-3-6-16(17)23-28(25,26)15-10-8-13(20)9-11-15/h8-12,16-17,23H,2-7H2,1H3,(H,21,22,24)/t16-,17-/m1/s1. The summed E-state index contributed by atoms with van der Waals surface area (Å²) in [6, 6.07) is 7.44. The number of H-pyrrole nitrogens is 1. The molecule has 1 aromatic carbocycles. The van der Waals surface area contributed by atoms with Crippen molar-refractivity contribution in [3.8, 4) is 0 Å². The lowest BCUT2D eigenvalue weighted by Crippen LogP contribution is -2.43. The molecule has 1 aromatic heterocycles. The summed E-state index contributed by atoms with van der Waals surface area (Å²) in [5.74, 6) is 0. The molecule has 9 heteroatoms. The minimum Gasteiger partial charge on any atom is -0.301 e. The molecule has 1 saturated carbocycles. The molecule has 0 amide bonds. The molecule has 0 bridgehead atoms. The normalized spacial score (nSPS) is 20.2. The summed E-state index contributed by atoms with van der Waals surface area (Å²) in [6.45, 7) is 2.04. The number of aromatic amines is 1. The fraction of sp³-hybridized carbons (Fsp3) is 0.474. The fourth-order valence-corrected chi connectivity index (χ4v) is 6.11.